The van der Waals surface area contributed by atoms with E-state index in [1.165, 1.54) is 45.4 Å². The Kier molecular flexibility index (Phi) is 2.61. The molecule has 0 bridgehead atoms. The fourth-order valence-electron chi connectivity index (χ4n) is 2.68. The fraction of sp³-hybridized carbons (Fsp3) is 1.00. The molecule has 2 aliphatic heterocycles. The topological polar surface area (TPSA) is 15.3 Å². The number of nitrogens with one attached hydrogen (secondary N) is 1. The summed E-state index contributed by atoms with van der Waals surface area (Å²) >= 11 is 0. The molecule has 76 valence electrons. The standard InChI is InChI=1S/C11H22N2/c1-3-4-10-7-13(8-10)11(2)5-6-12-9-11/h10,12H,3-9H2,1-2H3. The molecular formula is C11H22N2. The lowest BCUT2D eigenvalue weighted by atomic mass is 9.87. The van der Waals surface area contributed by atoms with Crippen LogP contribution in [0.1, 0.15) is 33.1 Å². The maximum atomic E-state index is 3.47. The van der Waals surface area contributed by atoms with E-state index in [-0.39, 0.29) is 0 Å². The summed E-state index contributed by atoms with van der Waals surface area (Å²) in [6.45, 7) is 9.83. The van der Waals surface area contributed by atoms with Gasteiger partial charge in [0.1, 0.15) is 0 Å². The van der Waals surface area contributed by atoms with Crippen molar-refractivity contribution in [3.05, 3.63) is 0 Å². The minimum absolute atomic E-state index is 0.490. The lowest BCUT2D eigenvalue weighted by Gasteiger charge is -2.49. The highest BCUT2D eigenvalue weighted by atomic mass is 15.3. The van der Waals surface area contributed by atoms with Gasteiger partial charge in [-0.2, -0.15) is 0 Å². The second-order valence-corrected chi connectivity index (χ2v) is 4.98. The van der Waals surface area contributed by atoms with Gasteiger partial charge in [0.2, 0.25) is 0 Å². The molecule has 0 spiro atoms. The Labute approximate surface area is 81.7 Å². The molecule has 2 heterocycles. The summed E-state index contributed by atoms with van der Waals surface area (Å²) in [5.74, 6) is 1.00. The molecule has 2 rings (SSSR count). The van der Waals surface area contributed by atoms with E-state index in [9.17, 15) is 0 Å². The van der Waals surface area contributed by atoms with Crippen LogP contribution in [0.15, 0.2) is 0 Å². The Bertz CT molecular complexity index is 167. The van der Waals surface area contributed by atoms with Crippen LogP contribution in [0.2, 0.25) is 0 Å². The molecule has 1 unspecified atom stereocenters. The minimum atomic E-state index is 0.490. The third-order valence-corrected chi connectivity index (χ3v) is 3.76. The average molecular weight is 182 g/mol. The van der Waals surface area contributed by atoms with Gasteiger partial charge in [0, 0.05) is 25.2 Å². The fourth-order valence-corrected chi connectivity index (χ4v) is 2.68. The van der Waals surface area contributed by atoms with Crippen molar-refractivity contribution in [1.29, 1.82) is 0 Å². The van der Waals surface area contributed by atoms with Gasteiger partial charge >= 0.3 is 0 Å². The van der Waals surface area contributed by atoms with Gasteiger partial charge < -0.3 is 5.32 Å². The van der Waals surface area contributed by atoms with E-state index in [2.05, 4.69) is 24.1 Å². The zero-order valence-corrected chi connectivity index (χ0v) is 8.97. The van der Waals surface area contributed by atoms with Gasteiger partial charge in [-0.3, -0.25) is 4.90 Å². The molecule has 0 aromatic heterocycles. The lowest BCUT2D eigenvalue weighted by Crippen LogP contribution is -2.59. The number of likely N-dealkylation sites (tertiary alicyclic amines) is 1. The van der Waals surface area contributed by atoms with Gasteiger partial charge in [-0.15, -0.1) is 0 Å². The Balaban J connectivity index is 1.78. The van der Waals surface area contributed by atoms with Crippen molar-refractivity contribution < 1.29 is 0 Å². The van der Waals surface area contributed by atoms with Crippen LogP contribution in [-0.4, -0.2) is 36.6 Å². The van der Waals surface area contributed by atoms with Crippen LogP contribution < -0.4 is 5.32 Å². The molecule has 2 heteroatoms. The molecule has 0 aliphatic carbocycles. The van der Waals surface area contributed by atoms with Crippen molar-refractivity contribution in [2.45, 2.75) is 38.6 Å². The van der Waals surface area contributed by atoms with Gasteiger partial charge in [-0.05, 0) is 32.2 Å². The first-order valence-electron chi connectivity index (χ1n) is 5.70. The first-order valence-corrected chi connectivity index (χ1v) is 5.70. The normalized spacial score (nSPS) is 36.5. The zero-order valence-electron chi connectivity index (χ0n) is 8.97. The summed E-state index contributed by atoms with van der Waals surface area (Å²) in [6.07, 6.45) is 4.12. The van der Waals surface area contributed by atoms with Crippen LogP contribution in [0.4, 0.5) is 0 Å². The molecule has 2 saturated heterocycles. The summed E-state index contributed by atoms with van der Waals surface area (Å²) in [6, 6.07) is 0. The Hall–Kier alpha value is -0.0800. The van der Waals surface area contributed by atoms with E-state index < -0.39 is 0 Å². The van der Waals surface area contributed by atoms with Crippen LogP contribution in [0, 0.1) is 5.92 Å². The van der Waals surface area contributed by atoms with Crippen LogP contribution in [0.3, 0.4) is 0 Å². The van der Waals surface area contributed by atoms with E-state index in [0.29, 0.717) is 5.54 Å². The van der Waals surface area contributed by atoms with Crippen LogP contribution in [0.25, 0.3) is 0 Å². The molecule has 2 nitrogen and oxygen atoms in total. The van der Waals surface area contributed by atoms with Gasteiger partial charge in [0.05, 0.1) is 0 Å². The van der Waals surface area contributed by atoms with Crippen molar-refractivity contribution in [3.8, 4) is 0 Å². The summed E-state index contributed by atoms with van der Waals surface area (Å²) in [5.41, 5.74) is 0.490. The van der Waals surface area contributed by atoms with Crippen molar-refractivity contribution in [3.63, 3.8) is 0 Å². The molecule has 2 fully saturated rings. The third kappa shape index (κ3) is 1.75. The molecule has 0 aromatic carbocycles. The van der Waals surface area contributed by atoms with Crippen molar-refractivity contribution >= 4 is 0 Å². The van der Waals surface area contributed by atoms with Gasteiger partial charge in [0.25, 0.3) is 0 Å². The smallest absolute Gasteiger partial charge is 0.0318 e. The van der Waals surface area contributed by atoms with Crippen LogP contribution in [-0.2, 0) is 0 Å². The van der Waals surface area contributed by atoms with E-state index >= 15 is 0 Å². The molecule has 2 aliphatic rings. The quantitative estimate of drug-likeness (QED) is 0.711. The molecule has 0 amide bonds. The number of hydrogen-bond donors (Lipinski definition) is 1. The Morgan fingerprint density at radius 2 is 2.23 bits per heavy atom. The number of rotatable bonds is 3. The van der Waals surface area contributed by atoms with Crippen LogP contribution >= 0.6 is 0 Å². The summed E-state index contributed by atoms with van der Waals surface area (Å²) in [4.78, 5) is 2.67. The Morgan fingerprint density at radius 3 is 2.77 bits per heavy atom. The first kappa shape index (κ1) is 9.47. The van der Waals surface area contributed by atoms with Gasteiger partial charge in [-0.25, -0.2) is 0 Å². The largest absolute Gasteiger partial charge is 0.315 e. The molecule has 0 radical (unpaired) electrons. The highest BCUT2D eigenvalue weighted by Gasteiger charge is 2.41. The zero-order chi connectivity index (χ0) is 9.31. The van der Waals surface area contributed by atoms with E-state index in [1.54, 1.807) is 0 Å². The average Bonchev–Trinajstić information content (AvgIpc) is 2.44. The van der Waals surface area contributed by atoms with Gasteiger partial charge in [0.15, 0.2) is 0 Å². The second kappa shape index (κ2) is 3.58. The lowest BCUT2D eigenvalue weighted by molar-refractivity contribution is 0.00105. The molecule has 1 atom stereocenters. The first-order chi connectivity index (χ1) is 6.24. The van der Waals surface area contributed by atoms with E-state index in [4.69, 9.17) is 0 Å². The predicted molar refractivity (Wildman–Crippen MR) is 55.9 cm³/mol. The monoisotopic (exact) mass is 182 g/mol. The maximum absolute atomic E-state index is 3.47. The third-order valence-electron chi connectivity index (χ3n) is 3.76. The highest BCUT2D eigenvalue weighted by Crippen LogP contribution is 2.32. The predicted octanol–water partition coefficient (Wildman–Crippen LogP) is 1.47. The number of nitrogens with zero attached hydrogens (tertiary/aromatic N) is 1. The summed E-state index contributed by atoms with van der Waals surface area (Å²) < 4.78 is 0. The molecular weight excluding hydrogens is 160 g/mol. The van der Waals surface area contributed by atoms with E-state index in [0.717, 1.165) is 5.92 Å². The second-order valence-electron chi connectivity index (χ2n) is 4.98. The van der Waals surface area contributed by atoms with Gasteiger partial charge in [-0.1, -0.05) is 13.3 Å². The molecule has 13 heavy (non-hydrogen) atoms. The highest BCUT2D eigenvalue weighted by molar-refractivity contribution is 4.99. The maximum Gasteiger partial charge on any atom is 0.0318 e. The van der Waals surface area contributed by atoms with E-state index in [1.807, 2.05) is 0 Å². The van der Waals surface area contributed by atoms with Crippen molar-refractivity contribution in [2.24, 2.45) is 5.92 Å². The van der Waals surface area contributed by atoms with Crippen molar-refractivity contribution in [2.75, 3.05) is 26.2 Å². The minimum Gasteiger partial charge on any atom is -0.315 e. The summed E-state index contributed by atoms with van der Waals surface area (Å²) in [7, 11) is 0. The Morgan fingerprint density at radius 1 is 1.46 bits per heavy atom. The summed E-state index contributed by atoms with van der Waals surface area (Å²) in [5, 5.41) is 3.47. The van der Waals surface area contributed by atoms with Crippen LogP contribution in [0.5, 0.6) is 0 Å². The molecule has 1 N–H and O–H groups in total. The van der Waals surface area contributed by atoms with Crippen molar-refractivity contribution in [1.82, 2.24) is 10.2 Å². The molecule has 0 saturated carbocycles. The number of hydrogen-bond acceptors (Lipinski definition) is 2. The SMILES string of the molecule is CCCC1CN(C2(C)CCNC2)C1. The molecule has 0 aromatic rings.